The van der Waals surface area contributed by atoms with Crippen molar-refractivity contribution in [3.8, 4) is 0 Å². The highest BCUT2D eigenvalue weighted by Crippen LogP contribution is 1.99. The summed E-state index contributed by atoms with van der Waals surface area (Å²) < 4.78 is 0. The van der Waals surface area contributed by atoms with E-state index in [0.717, 1.165) is 11.3 Å². The SMILES string of the molecule is Cc1ccc(CNCC(O)CC(=O)O)cn1. The van der Waals surface area contributed by atoms with Crippen molar-refractivity contribution >= 4 is 5.97 Å². The van der Waals surface area contributed by atoms with Crippen LogP contribution in [0.1, 0.15) is 17.7 Å². The first-order chi connectivity index (χ1) is 7.58. The minimum absolute atomic E-state index is 0.237. The van der Waals surface area contributed by atoms with Gasteiger partial charge in [0, 0.05) is 25.0 Å². The van der Waals surface area contributed by atoms with Crippen LogP contribution in [0, 0.1) is 6.92 Å². The summed E-state index contributed by atoms with van der Waals surface area (Å²) in [4.78, 5) is 14.4. The molecule has 3 N–H and O–H groups in total. The molecule has 0 aliphatic carbocycles. The maximum atomic E-state index is 10.3. The Hall–Kier alpha value is -1.46. The summed E-state index contributed by atoms with van der Waals surface area (Å²) in [5.41, 5.74) is 1.96. The topological polar surface area (TPSA) is 82.5 Å². The summed E-state index contributed by atoms with van der Waals surface area (Å²) in [7, 11) is 0. The van der Waals surface area contributed by atoms with Crippen LogP contribution in [-0.2, 0) is 11.3 Å². The van der Waals surface area contributed by atoms with Crippen molar-refractivity contribution in [3.05, 3.63) is 29.6 Å². The van der Waals surface area contributed by atoms with Crippen LogP contribution in [0.3, 0.4) is 0 Å². The zero-order valence-electron chi connectivity index (χ0n) is 9.18. The van der Waals surface area contributed by atoms with Gasteiger partial charge in [0.25, 0.3) is 0 Å². The van der Waals surface area contributed by atoms with E-state index in [-0.39, 0.29) is 13.0 Å². The molecule has 0 saturated carbocycles. The third kappa shape index (κ3) is 4.86. The van der Waals surface area contributed by atoms with Gasteiger partial charge in [0.15, 0.2) is 0 Å². The molecule has 88 valence electrons. The molecular weight excluding hydrogens is 208 g/mol. The molecule has 1 aromatic heterocycles. The van der Waals surface area contributed by atoms with Crippen LogP contribution in [0.15, 0.2) is 18.3 Å². The van der Waals surface area contributed by atoms with Crippen LogP contribution in [-0.4, -0.2) is 33.8 Å². The van der Waals surface area contributed by atoms with E-state index in [1.54, 1.807) is 6.20 Å². The van der Waals surface area contributed by atoms with Crippen molar-refractivity contribution in [2.24, 2.45) is 0 Å². The molecule has 0 spiro atoms. The second kappa shape index (κ2) is 6.19. The fraction of sp³-hybridized carbons (Fsp3) is 0.455. The van der Waals surface area contributed by atoms with Gasteiger partial charge in [-0.05, 0) is 18.6 Å². The lowest BCUT2D eigenvalue weighted by atomic mass is 10.2. The normalized spacial score (nSPS) is 12.4. The quantitative estimate of drug-likeness (QED) is 0.648. The van der Waals surface area contributed by atoms with Gasteiger partial charge in [-0.15, -0.1) is 0 Å². The first kappa shape index (κ1) is 12.6. The number of aliphatic hydroxyl groups is 1. The number of carboxylic acid groups (broad SMARTS) is 1. The van der Waals surface area contributed by atoms with Gasteiger partial charge in [-0.3, -0.25) is 9.78 Å². The first-order valence-electron chi connectivity index (χ1n) is 5.10. The Bertz CT molecular complexity index is 338. The smallest absolute Gasteiger partial charge is 0.306 e. The molecule has 0 saturated heterocycles. The lowest BCUT2D eigenvalue weighted by Gasteiger charge is -2.09. The number of aromatic nitrogens is 1. The molecule has 1 atom stereocenters. The summed E-state index contributed by atoms with van der Waals surface area (Å²) in [6.45, 7) is 2.75. The highest BCUT2D eigenvalue weighted by Gasteiger charge is 2.08. The number of nitrogens with zero attached hydrogens (tertiary/aromatic N) is 1. The van der Waals surface area contributed by atoms with Gasteiger partial charge in [-0.2, -0.15) is 0 Å². The number of nitrogens with one attached hydrogen (secondary N) is 1. The Morgan fingerprint density at radius 3 is 2.88 bits per heavy atom. The monoisotopic (exact) mass is 224 g/mol. The highest BCUT2D eigenvalue weighted by atomic mass is 16.4. The number of hydrogen-bond donors (Lipinski definition) is 3. The average Bonchev–Trinajstić information content (AvgIpc) is 2.20. The second-order valence-corrected chi connectivity index (χ2v) is 3.69. The van der Waals surface area contributed by atoms with Crippen molar-refractivity contribution in [3.63, 3.8) is 0 Å². The van der Waals surface area contributed by atoms with E-state index in [2.05, 4.69) is 10.3 Å². The number of hydrogen-bond acceptors (Lipinski definition) is 4. The second-order valence-electron chi connectivity index (χ2n) is 3.69. The molecular formula is C11H16N2O3. The van der Waals surface area contributed by atoms with E-state index in [9.17, 15) is 9.90 Å². The third-order valence-electron chi connectivity index (χ3n) is 2.09. The summed E-state index contributed by atoms with van der Waals surface area (Å²) in [6, 6.07) is 3.85. The van der Waals surface area contributed by atoms with Gasteiger partial charge in [0.1, 0.15) is 0 Å². The summed E-state index contributed by atoms with van der Waals surface area (Å²) in [6.07, 6.45) is 0.668. The fourth-order valence-corrected chi connectivity index (χ4v) is 1.26. The Morgan fingerprint density at radius 2 is 2.31 bits per heavy atom. The molecule has 5 nitrogen and oxygen atoms in total. The van der Waals surface area contributed by atoms with Crippen LogP contribution in [0.25, 0.3) is 0 Å². The van der Waals surface area contributed by atoms with Crippen molar-refractivity contribution in [2.75, 3.05) is 6.54 Å². The van der Waals surface area contributed by atoms with Crippen molar-refractivity contribution in [1.82, 2.24) is 10.3 Å². The fourth-order valence-electron chi connectivity index (χ4n) is 1.26. The van der Waals surface area contributed by atoms with Gasteiger partial charge < -0.3 is 15.5 Å². The highest BCUT2D eigenvalue weighted by molar-refractivity contribution is 5.67. The molecule has 1 aromatic rings. The zero-order valence-corrected chi connectivity index (χ0v) is 9.18. The maximum Gasteiger partial charge on any atom is 0.306 e. The molecule has 0 bridgehead atoms. The number of aryl methyl sites for hydroxylation is 1. The van der Waals surface area contributed by atoms with Gasteiger partial charge >= 0.3 is 5.97 Å². The molecule has 1 rings (SSSR count). The molecule has 0 fully saturated rings. The molecule has 1 unspecified atom stereocenters. The minimum Gasteiger partial charge on any atom is -0.481 e. The number of pyridine rings is 1. The third-order valence-corrected chi connectivity index (χ3v) is 2.09. The standard InChI is InChI=1S/C11H16N2O3/c1-8-2-3-9(6-13-8)5-12-7-10(14)4-11(15)16/h2-3,6,10,12,14H,4-5,7H2,1H3,(H,15,16). The molecule has 0 radical (unpaired) electrons. The Morgan fingerprint density at radius 1 is 1.56 bits per heavy atom. The number of carboxylic acids is 1. The predicted molar refractivity (Wildman–Crippen MR) is 58.9 cm³/mol. The Balaban J connectivity index is 2.25. The van der Waals surface area contributed by atoms with Gasteiger partial charge in [-0.25, -0.2) is 0 Å². The first-order valence-corrected chi connectivity index (χ1v) is 5.10. The summed E-state index contributed by atoms with van der Waals surface area (Å²) in [5, 5.41) is 20.7. The van der Waals surface area contributed by atoms with Crippen molar-refractivity contribution < 1.29 is 15.0 Å². The largest absolute Gasteiger partial charge is 0.481 e. The summed E-state index contributed by atoms with van der Waals surface area (Å²) in [5.74, 6) is -0.994. The van der Waals surface area contributed by atoms with E-state index in [1.807, 2.05) is 19.1 Å². The van der Waals surface area contributed by atoms with E-state index in [4.69, 9.17) is 5.11 Å². The Labute approximate surface area is 94.1 Å². The van der Waals surface area contributed by atoms with Crippen LogP contribution < -0.4 is 5.32 Å². The number of carbonyl (C=O) groups is 1. The number of aliphatic carboxylic acids is 1. The molecule has 16 heavy (non-hydrogen) atoms. The van der Waals surface area contributed by atoms with Crippen LogP contribution >= 0.6 is 0 Å². The Kier molecular flexibility index (Phi) is 4.88. The molecule has 0 amide bonds. The molecule has 0 aromatic carbocycles. The van der Waals surface area contributed by atoms with E-state index in [1.165, 1.54) is 0 Å². The van der Waals surface area contributed by atoms with Crippen molar-refractivity contribution in [1.29, 1.82) is 0 Å². The van der Waals surface area contributed by atoms with E-state index in [0.29, 0.717) is 6.54 Å². The minimum atomic E-state index is -0.994. The lowest BCUT2D eigenvalue weighted by molar-refractivity contribution is -0.139. The zero-order chi connectivity index (χ0) is 12.0. The number of aliphatic hydroxyl groups excluding tert-OH is 1. The average molecular weight is 224 g/mol. The van der Waals surface area contributed by atoms with Crippen LogP contribution in [0.2, 0.25) is 0 Å². The molecule has 0 aliphatic heterocycles. The molecule has 1 heterocycles. The number of rotatable bonds is 6. The van der Waals surface area contributed by atoms with Crippen LogP contribution in [0.4, 0.5) is 0 Å². The van der Waals surface area contributed by atoms with Crippen molar-refractivity contribution in [2.45, 2.75) is 26.0 Å². The lowest BCUT2D eigenvalue weighted by Crippen LogP contribution is -2.28. The van der Waals surface area contributed by atoms with E-state index >= 15 is 0 Å². The molecule has 0 aliphatic rings. The van der Waals surface area contributed by atoms with Gasteiger partial charge in [-0.1, -0.05) is 6.07 Å². The maximum absolute atomic E-state index is 10.3. The summed E-state index contributed by atoms with van der Waals surface area (Å²) >= 11 is 0. The van der Waals surface area contributed by atoms with Gasteiger partial charge in [0.2, 0.25) is 0 Å². The van der Waals surface area contributed by atoms with Gasteiger partial charge in [0.05, 0.1) is 12.5 Å². The predicted octanol–water partition coefficient (Wildman–Crippen LogP) is 0.315. The molecule has 5 heteroatoms. The van der Waals surface area contributed by atoms with Crippen LogP contribution in [0.5, 0.6) is 0 Å². The van der Waals surface area contributed by atoms with E-state index < -0.39 is 12.1 Å².